The first kappa shape index (κ1) is 31.2. The Labute approximate surface area is 237 Å². The molecule has 0 aliphatic heterocycles. The van der Waals surface area contributed by atoms with E-state index in [-0.39, 0.29) is 23.6 Å². The number of aromatic nitrogens is 1. The number of halogens is 2. The van der Waals surface area contributed by atoms with E-state index in [1.807, 2.05) is 0 Å². The van der Waals surface area contributed by atoms with Crippen LogP contribution in [0, 0.1) is 31.4 Å². The van der Waals surface area contributed by atoms with Gasteiger partial charge in [0.15, 0.2) is 23.0 Å². The Morgan fingerprint density at radius 1 is 0.927 bits per heavy atom. The molecule has 0 bridgehead atoms. The van der Waals surface area contributed by atoms with Crippen LogP contribution in [-0.2, 0) is 19.1 Å². The molecule has 1 aromatic heterocycles. The molecule has 10 heteroatoms. The smallest absolute Gasteiger partial charge is 0.309 e. The Kier molecular flexibility index (Phi) is 10.5. The molecule has 8 nitrogen and oxygen atoms in total. The van der Waals surface area contributed by atoms with Crippen molar-refractivity contribution < 1.29 is 42.1 Å². The standard InChI is InChI=1S/C31H33F2NO7/c1-17-7-9-22(14-24(17)32)28(23-10-8-18(2)25(33)15-23)20(4)41-31(37)19(3)13-26(36)29-30(40-16-39-21(5)35)27(38-6)11-12-34-29/h7-12,14-15,19-20,28H,13,16H2,1-6H3/t19-,20+/m1/s1. The van der Waals surface area contributed by atoms with E-state index >= 15 is 0 Å². The van der Waals surface area contributed by atoms with Crippen molar-refractivity contribution in [1.29, 1.82) is 0 Å². The van der Waals surface area contributed by atoms with Gasteiger partial charge >= 0.3 is 11.9 Å². The molecule has 0 aliphatic carbocycles. The first-order valence-corrected chi connectivity index (χ1v) is 13.0. The molecule has 218 valence electrons. The zero-order valence-corrected chi connectivity index (χ0v) is 23.8. The summed E-state index contributed by atoms with van der Waals surface area (Å²) in [6, 6.07) is 10.8. The van der Waals surface area contributed by atoms with Crippen LogP contribution in [0.1, 0.15) is 65.9 Å². The Balaban J connectivity index is 1.80. The quantitative estimate of drug-likeness (QED) is 0.152. The van der Waals surface area contributed by atoms with Crippen LogP contribution in [-0.4, -0.2) is 42.7 Å². The number of hydrogen-bond acceptors (Lipinski definition) is 8. The minimum Gasteiger partial charge on any atom is -0.493 e. The molecule has 0 N–H and O–H groups in total. The second-order valence-corrected chi connectivity index (χ2v) is 9.75. The highest BCUT2D eigenvalue weighted by atomic mass is 19.1. The third kappa shape index (κ3) is 7.87. The Morgan fingerprint density at radius 2 is 1.51 bits per heavy atom. The van der Waals surface area contributed by atoms with Crippen molar-refractivity contribution in [3.05, 3.63) is 88.2 Å². The summed E-state index contributed by atoms with van der Waals surface area (Å²) >= 11 is 0. The molecule has 1 heterocycles. The monoisotopic (exact) mass is 569 g/mol. The fraction of sp³-hybridized carbons (Fsp3) is 0.355. The van der Waals surface area contributed by atoms with Crippen LogP contribution in [0.3, 0.4) is 0 Å². The number of aryl methyl sites for hydroxylation is 2. The molecule has 0 saturated carbocycles. The Morgan fingerprint density at radius 3 is 2.02 bits per heavy atom. The largest absolute Gasteiger partial charge is 0.493 e. The maximum atomic E-state index is 14.5. The number of methoxy groups -OCH3 is 1. The van der Waals surface area contributed by atoms with Crippen LogP contribution in [0.2, 0.25) is 0 Å². The SMILES string of the molecule is COc1ccnc(C(=O)C[C@@H](C)C(=O)O[C@@H](C)C(c2ccc(C)c(F)c2)c2ccc(C)c(F)c2)c1OCOC(C)=O. The zero-order chi connectivity index (χ0) is 30.3. The predicted molar refractivity (Wildman–Crippen MR) is 146 cm³/mol. The number of rotatable bonds is 12. The molecule has 3 aromatic rings. The average Bonchev–Trinajstić information content (AvgIpc) is 2.92. The van der Waals surface area contributed by atoms with Gasteiger partial charge in [0.2, 0.25) is 6.79 Å². The number of ether oxygens (including phenoxy) is 4. The number of esters is 2. The van der Waals surface area contributed by atoms with Gasteiger partial charge in [-0.1, -0.05) is 31.2 Å². The summed E-state index contributed by atoms with van der Waals surface area (Å²) in [5.74, 6) is -4.07. The summed E-state index contributed by atoms with van der Waals surface area (Å²) in [4.78, 5) is 41.5. The lowest BCUT2D eigenvalue weighted by molar-refractivity contribution is -0.153. The summed E-state index contributed by atoms with van der Waals surface area (Å²) in [7, 11) is 1.37. The van der Waals surface area contributed by atoms with E-state index < -0.39 is 54.1 Å². The van der Waals surface area contributed by atoms with Gasteiger partial charge in [-0.25, -0.2) is 13.8 Å². The summed E-state index contributed by atoms with van der Waals surface area (Å²) in [5, 5.41) is 0. The Bertz CT molecular complexity index is 1370. The average molecular weight is 570 g/mol. The van der Waals surface area contributed by atoms with Gasteiger partial charge in [-0.2, -0.15) is 0 Å². The molecule has 0 saturated heterocycles. The lowest BCUT2D eigenvalue weighted by Crippen LogP contribution is -2.28. The van der Waals surface area contributed by atoms with Crippen LogP contribution in [0.25, 0.3) is 0 Å². The first-order chi connectivity index (χ1) is 19.4. The van der Waals surface area contributed by atoms with Crippen LogP contribution in [0.5, 0.6) is 11.5 Å². The third-order valence-corrected chi connectivity index (χ3v) is 6.59. The summed E-state index contributed by atoms with van der Waals surface area (Å²) in [6.07, 6.45) is 0.238. The molecule has 0 spiro atoms. The lowest BCUT2D eigenvalue weighted by atomic mass is 9.86. The number of benzene rings is 2. The molecule has 0 fully saturated rings. The number of ketones is 1. The van der Waals surface area contributed by atoms with Crippen molar-refractivity contribution in [2.24, 2.45) is 5.92 Å². The van der Waals surface area contributed by atoms with Crippen molar-refractivity contribution in [2.75, 3.05) is 13.9 Å². The first-order valence-electron chi connectivity index (χ1n) is 13.0. The van der Waals surface area contributed by atoms with E-state index in [0.717, 1.165) is 0 Å². The minimum absolute atomic E-state index is 0.0296. The van der Waals surface area contributed by atoms with E-state index in [1.54, 1.807) is 45.0 Å². The number of carbonyl (C=O) groups excluding carboxylic acids is 3. The van der Waals surface area contributed by atoms with Gasteiger partial charge in [-0.05, 0) is 55.2 Å². The second kappa shape index (κ2) is 13.8. The molecule has 3 rings (SSSR count). The topological polar surface area (TPSA) is 101 Å². The summed E-state index contributed by atoms with van der Waals surface area (Å²) in [6.45, 7) is 7.17. The summed E-state index contributed by atoms with van der Waals surface area (Å²) < 4.78 is 50.2. The molecule has 41 heavy (non-hydrogen) atoms. The number of hydrogen-bond donors (Lipinski definition) is 0. The van der Waals surface area contributed by atoms with Gasteiger partial charge in [0.25, 0.3) is 0 Å². The second-order valence-electron chi connectivity index (χ2n) is 9.75. The molecular formula is C31H33F2NO7. The van der Waals surface area contributed by atoms with Gasteiger partial charge < -0.3 is 18.9 Å². The van der Waals surface area contributed by atoms with Crippen molar-refractivity contribution >= 4 is 17.7 Å². The van der Waals surface area contributed by atoms with Gasteiger partial charge in [-0.15, -0.1) is 0 Å². The number of Topliss-reactive ketones (excluding diaryl/α,β-unsaturated/α-hetero) is 1. The van der Waals surface area contributed by atoms with Crippen LogP contribution in [0.15, 0.2) is 48.7 Å². The van der Waals surface area contributed by atoms with E-state index in [1.165, 1.54) is 45.4 Å². The normalized spacial score (nSPS) is 12.4. The van der Waals surface area contributed by atoms with Crippen molar-refractivity contribution in [1.82, 2.24) is 4.98 Å². The Hall–Kier alpha value is -4.34. The fourth-order valence-corrected chi connectivity index (χ4v) is 4.27. The number of pyridine rings is 1. The predicted octanol–water partition coefficient (Wildman–Crippen LogP) is 5.86. The molecular weight excluding hydrogens is 536 g/mol. The highest BCUT2D eigenvalue weighted by molar-refractivity contribution is 5.99. The van der Waals surface area contributed by atoms with Crippen molar-refractivity contribution in [3.63, 3.8) is 0 Å². The maximum Gasteiger partial charge on any atom is 0.309 e. The van der Waals surface area contributed by atoms with E-state index in [2.05, 4.69) is 4.98 Å². The lowest BCUT2D eigenvalue weighted by Gasteiger charge is -2.27. The third-order valence-electron chi connectivity index (χ3n) is 6.59. The van der Waals surface area contributed by atoms with Crippen LogP contribution in [0.4, 0.5) is 8.78 Å². The van der Waals surface area contributed by atoms with E-state index in [9.17, 15) is 23.2 Å². The molecule has 2 atom stereocenters. The molecule has 0 radical (unpaired) electrons. The van der Waals surface area contributed by atoms with Gasteiger partial charge in [0, 0.05) is 31.5 Å². The van der Waals surface area contributed by atoms with E-state index in [4.69, 9.17) is 18.9 Å². The maximum absolute atomic E-state index is 14.5. The highest BCUT2D eigenvalue weighted by Gasteiger charge is 2.30. The molecule has 0 aliphatic rings. The van der Waals surface area contributed by atoms with Crippen LogP contribution >= 0.6 is 0 Å². The van der Waals surface area contributed by atoms with Crippen molar-refractivity contribution in [3.8, 4) is 11.5 Å². The molecule has 0 unspecified atom stereocenters. The molecule has 2 aromatic carbocycles. The highest BCUT2D eigenvalue weighted by Crippen LogP contribution is 2.34. The minimum atomic E-state index is -0.899. The van der Waals surface area contributed by atoms with Crippen molar-refractivity contribution in [2.45, 2.75) is 53.1 Å². The number of nitrogens with zero attached hydrogens (tertiary/aromatic N) is 1. The van der Waals surface area contributed by atoms with Gasteiger partial charge in [0.05, 0.1) is 13.0 Å². The fourth-order valence-electron chi connectivity index (χ4n) is 4.27. The van der Waals surface area contributed by atoms with Crippen LogP contribution < -0.4 is 9.47 Å². The molecule has 0 amide bonds. The number of carbonyl (C=O) groups is 3. The summed E-state index contributed by atoms with van der Waals surface area (Å²) in [5.41, 5.74) is 1.81. The zero-order valence-electron chi connectivity index (χ0n) is 23.8. The van der Waals surface area contributed by atoms with Gasteiger partial charge in [0.1, 0.15) is 17.7 Å². The van der Waals surface area contributed by atoms with E-state index in [0.29, 0.717) is 22.3 Å². The van der Waals surface area contributed by atoms with Gasteiger partial charge in [-0.3, -0.25) is 14.4 Å².